The number of amides is 1. The Kier molecular flexibility index (Phi) is 3.82. The van der Waals surface area contributed by atoms with Gasteiger partial charge < -0.3 is 5.32 Å². The molecular formula is C18H19NO. The maximum Gasteiger partial charge on any atom is 0.223 e. The second-order valence-corrected chi connectivity index (χ2v) is 5.39. The SMILES string of the molecule is O=C(NCCc1ccccc1)[C@H]1C[C@H]1c1ccccc1. The Morgan fingerprint density at radius 1 is 1.00 bits per heavy atom. The van der Waals surface area contributed by atoms with Gasteiger partial charge in [-0.3, -0.25) is 4.79 Å². The number of carbonyl (C=O) groups excluding carboxylic acids is 1. The van der Waals surface area contributed by atoms with Gasteiger partial charge in [-0.1, -0.05) is 60.7 Å². The summed E-state index contributed by atoms with van der Waals surface area (Å²) in [6, 6.07) is 20.6. The standard InChI is InChI=1S/C18H19NO/c20-18(19-12-11-14-7-3-1-4-8-14)17-13-16(17)15-9-5-2-6-10-15/h1-10,16-17H,11-13H2,(H,19,20)/t16-,17-/m0/s1. The molecule has 102 valence electrons. The average molecular weight is 265 g/mol. The van der Waals surface area contributed by atoms with Crippen LogP contribution in [0, 0.1) is 5.92 Å². The maximum absolute atomic E-state index is 12.1. The molecule has 1 aliphatic carbocycles. The summed E-state index contributed by atoms with van der Waals surface area (Å²) in [4.78, 5) is 12.1. The zero-order valence-corrected chi connectivity index (χ0v) is 11.5. The fourth-order valence-electron chi connectivity index (χ4n) is 2.66. The second kappa shape index (κ2) is 5.91. The third-order valence-electron chi connectivity index (χ3n) is 3.91. The fraction of sp³-hybridized carbons (Fsp3) is 0.278. The van der Waals surface area contributed by atoms with Crippen molar-refractivity contribution in [1.29, 1.82) is 0 Å². The Morgan fingerprint density at radius 3 is 2.35 bits per heavy atom. The highest BCUT2D eigenvalue weighted by atomic mass is 16.2. The molecule has 1 fully saturated rings. The monoisotopic (exact) mass is 265 g/mol. The molecule has 0 spiro atoms. The van der Waals surface area contributed by atoms with E-state index in [-0.39, 0.29) is 11.8 Å². The summed E-state index contributed by atoms with van der Waals surface area (Å²) in [6.45, 7) is 0.723. The van der Waals surface area contributed by atoms with Crippen LogP contribution >= 0.6 is 0 Å². The molecule has 0 unspecified atom stereocenters. The Balaban J connectivity index is 1.45. The van der Waals surface area contributed by atoms with E-state index in [4.69, 9.17) is 0 Å². The first-order valence-electron chi connectivity index (χ1n) is 7.21. The van der Waals surface area contributed by atoms with Crippen LogP contribution in [0.25, 0.3) is 0 Å². The highest BCUT2D eigenvalue weighted by molar-refractivity contribution is 5.82. The molecule has 0 radical (unpaired) electrons. The van der Waals surface area contributed by atoms with Crippen molar-refractivity contribution in [1.82, 2.24) is 5.32 Å². The number of nitrogens with one attached hydrogen (secondary N) is 1. The number of carbonyl (C=O) groups is 1. The Morgan fingerprint density at radius 2 is 1.65 bits per heavy atom. The van der Waals surface area contributed by atoms with Gasteiger partial charge in [0.25, 0.3) is 0 Å². The molecule has 3 rings (SSSR count). The van der Waals surface area contributed by atoms with E-state index in [0.29, 0.717) is 5.92 Å². The van der Waals surface area contributed by atoms with E-state index in [9.17, 15) is 4.79 Å². The van der Waals surface area contributed by atoms with Crippen LogP contribution in [-0.2, 0) is 11.2 Å². The van der Waals surface area contributed by atoms with Gasteiger partial charge in [0, 0.05) is 12.5 Å². The molecule has 20 heavy (non-hydrogen) atoms. The maximum atomic E-state index is 12.1. The van der Waals surface area contributed by atoms with Gasteiger partial charge in [0.1, 0.15) is 0 Å². The van der Waals surface area contributed by atoms with Gasteiger partial charge in [0.2, 0.25) is 5.91 Å². The lowest BCUT2D eigenvalue weighted by Gasteiger charge is -2.05. The zero-order valence-electron chi connectivity index (χ0n) is 11.5. The first-order valence-corrected chi connectivity index (χ1v) is 7.21. The molecule has 1 amide bonds. The average Bonchev–Trinajstić information content (AvgIpc) is 3.30. The molecule has 0 aromatic heterocycles. The minimum atomic E-state index is 0.174. The van der Waals surface area contributed by atoms with Crippen molar-refractivity contribution >= 4 is 5.91 Å². The lowest BCUT2D eigenvalue weighted by molar-refractivity contribution is -0.122. The second-order valence-electron chi connectivity index (χ2n) is 5.39. The fourth-order valence-corrected chi connectivity index (χ4v) is 2.66. The molecule has 0 heterocycles. The summed E-state index contributed by atoms with van der Waals surface area (Å²) in [5, 5.41) is 3.05. The van der Waals surface area contributed by atoms with Crippen molar-refractivity contribution in [2.45, 2.75) is 18.8 Å². The third kappa shape index (κ3) is 3.08. The molecule has 0 bridgehead atoms. The van der Waals surface area contributed by atoms with Crippen LogP contribution in [0.2, 0.25) is 0 Å². The summed E-state index contributed by atoms with van der Waals surface area (Å²) in [6.07, 6.45) is 1.89. The topological polar surface area (TPSA) is 29.1 Å². The van der Waals surface area contributed by atoms with Crippen molar-refractivity contribution in [3.8, 4) is 0 Å². The van der Waals surface area contributed by atoms with Gasteiger partial charge >= 0.3 is 0 Å². The van der Waals surface area contributed by atoms with Crippen LogP contribution in [0.1, 0.15) is 23.5 Å². The molecule has 2 aromatic rings. The Bertz CT molecular complexity index is 564. The Labute approximate surface area is 119 Å². The smallest absolute Gasteiger partial charge is 0.223 e. The van der Waals surface area contributed by atoms with Crippen LogP contribution in [0.5, 0.6) is 0 Å². The van der Waals surface area contributed by atoms with E-state index < -0.39 is 0 Å². The van der Waals surface area contributed by atoms with Crippen molar-refractivity contribution in [2.24, 2.45) is 5.92 Å². The van der Waals surface area contributed by atoms with E-state index in [1.165, 1.54) is 11.1 Å². The first-order chi connectivity index (χ1) is 9.84. The number of benzene rings is 2. The highest BCUT2D eigenvalue weighted by Gasteiger charge is 2.43. The minimum Gasteiger partial charge on any atom is -0.356 e. The molecule has 0 aliphatic heterocycles. The Hall–Kier alpha value is -2.09. The number of hydrogen-bond donors (Lipinski definition) is 1. The van der Waals surface area contributed by atoms with Crippen LogP contribution in [-0.4, -0.2) is 12.5 Å². The quantitative estimate of drug-likeness (QED) is 0.884. The van der Waals surface area contributed by atoms with Gasteiger partial charge in [-0.05, 0) is 29.9 Å². The molecule has 2 aromatic carbocycles. The summed E-state index contributed by atoms with van der Waals surface area (Å²) in [5.41, 5.74) is 2.55. The summed E-state index contributed by atoms with van der Waals surface area (Å²) >= 11 is 0. The molecule has 2 nitrogen and oxygen atoms in total. The van der Waals surface area contributed by atoms with Crippen LogP contribution in [0.4, 0.5) is 0 Å². The number of rotatable bonds is 5. The van der Waals surface area contributed by atoms with Crippen LogP contribution < -0.4 is 5.32 Å². The van der Waals surface area contributed by atoms with E-state index in [1.54, 1.807) is 0 Å². The lowest BCUT2D eigenvalue weighted by Crippen LogP contribution is -2.27. The summed E-state index contributed by atoms with van der Waals surface area (Å²) in [7, 11) is 0. The normalized spacial score (nSPS) is 20.4. The first kappa shape index (κ1) is 12.9. The largest absolute Gasteiger partial charge is 0.356 e. The number of hydrogen-bond acceptors (Lipinski definition) is 1. The third-order valence-corrected chi connectivity index (χ3v) is 3.91. The molecule has 1 aliphatic rings. The molecule has 1 N–H and O–H groups in total. The van der Waals surface area contributed by atoms with Gasteiger partial charge in [-0.15, -0.1) is 0 Å². The molecule has 0 saturated heterocycles. The van der Waals surface area contributed by atoms with Crippen LogP contribution in [0.15, 0.2) is 60.7 Å². The molecule has 1 saturated carbocycles. The molecule has 2 heteroatoms. The van der Waals surface area contributed by atoms with Crippen molar-refractivity contribution in [3.05, 3.63) is 71.8 Å². The van der Waals surface area contributed by atoms with E-state index >= 15 is 0 Å². The van der Waals surface area contributed by atoms with Crippen LogP contribution in [0.3, 0.4) is 0 Å². The van der Waals surface area contributed by atoms with Gasteiger partial charge in [0.05, 0.1) is 0 Å². The molecule has 2 atom stereocenters. The lowest BCUT2D eigenvalue weighted by atomic mass is 10.1. The predicted octanol–water partition coefficient (Wildman–Crippen LogP) is 3.15. The minimum absolute atomic E-state index is 0.174. The van der Waals surface area contributed by atoms with E-state index in [2.05, 4.69) is 29.6 Å². The highest BCUT2D eigenvalue weighted by Crippen LogP contribution is 2.47. The van der Waals surface area contributed by atoms with E-state index in [0.717, 1.165) is 19.4 Å². The van der Waals surface area contributed by atoms with Crippen molar-refractivity contribution in [3.63, 3.8) is 0 Å². The van der Waals surface area contributed by atoms with Crippen molar-refractivity contribution in [2.75, 3.05) is 6.54 Å². The van der Waals surface area contributed by atoms with Gasteiger partial charge in [0.15, 0.2) is 0 Å². The van der Waals surface area contributed by atoms with Crippen molar-refractivity contribution < 1.29 is 4.79 Å². The molecular weight excluding hydrogens is 246 g/mol. The predicted molar refractivity (Wildman–Crippen MR) is 80.4 cm³/mol. The summed E-state index contributed by atoms with van der Waals surface area (Å²) < 4.78 is 0. The summed E-state index contributed by atoms with van der Waals surface area (Å²) in [5.74, 6) is 0.802. The van der Waals surface area contributed by atoms with E-state index in [1.807, 2.05) is 36.4 Å². The zero-order chi connectivity index (χ0) is 13.8. The van der Waals surface area contributed by atoms with Gasteiger partial charge in [-0.2, -0.15) is 0 Å². The van der Waals surface area contributed by atoms with Gasteiger partial charge in [-0.25, -0.2) is 0 Å².